The third-order valence-corrected chi connectivity index (χ3v) is 7.45. The molecule has 34 heavy (non-hydrogen) atoms. The molecule has 1 heterocycles. The highest BCUT2D eigenvalue weighted by Crippen LogP contribution is 2.64. The van der Waals surface area contributed by atoms with E-state index >= 15 is 0 Å². The summed E-state index contributed by atoms with van der Waals surface area (Å²) in [4.78, 5) is 0. The first-order valence-corrected chi connectivity index (χ1v) is 12.5. The van der Waals surface area contributed by atoms with E-state index in [1.54, 1.807) is 31.4 Å². The van der Waals surface area contributed by atoms with Crippen molar-refractivity contribution < 1.29 is 23.1 Å². The number of hydrogen-bond donors (Lipinski definition) is 0. The second kappa shape index (κ2) is 9.50. The molecule has 0 radical (unpaired) electrons. The third-order valence-electron chi connectivity index (χ3n) is 5.42. The largest absolute Gasteiger partial charge is 0.497 e. The Morgan fingerprint density at radius 2 is 1.26 bits per heavy atom. The maximum atomic E-state index is 14.7. The molecule has 0 spiro atoms. The predicted molar refractivity (Wildman–Crippen MR) is 133 cm³/mol. The van der Waals surface area contributed by atoms with Crippen LogP contribution in [0.1, 0.15) is 16.8 Å². The minimum atomic E-state index is -3.87. The van der Waals surface area contributed by atoms with Crippen LogP contribution in [-0.4, -0.2) is 7.11 Å². The summed E-state index contributed by atoms with van der Waals surface area (Å²) in [5.41, 5.74) is 0.774. The highest BCUT2D eigenvalue weighted by molar-refractivity contribution is 7.55. The molecular formula is C28H23O5P. The van der Waals surface area contributed by atoms with Crippen LogP contribution in [0, 0.1) is 0 Å². The number of rotatable bonds is 7. The first kappa shape index (κ1) is 21.9. The fraction of sp³-hybridized carbons (Fsp3) is 0.0714. The average molecular weight is 470 g/mol. The molecule has 170 valence electrons. The van der Waals surface area contributed by atoms with Crippen LogP contribution in [0.15, 0.2) is 115 Å². The van der Waals surface area contributed by atoms with Gasteiger partial charge in [0.15, 0.2) is 0 Å². The molecule has 0 bridgehead atoms. The Hall–Kier alpha value is -3.95. The first-order chi connectivity index (χ1) is 16.6. The van der Waals surface area contributed by atoms with Gasteiger partial charge in [0.05, 0.1) is 7.11 Å². The van der Waals surface area contributed by atoms with E-state index in [4.69, 9.17) is 18.5 Å². The molecule has 0 aromatic heterocycles. The fourth-order valence-corrected chi connectivity index (χ4v) is 5.73. The second-order valence-electron chi connectivity index (χ2n) is 7.70. The van der Waals surface area contributed by atoms with E-state index in [2.05, 4.69) is 0 Å². The molecule has 4 aromatic carbocycles. The molecule has 5 nitrogen and oxygen atoms in total. The van der Waals surface area contributed by atoms with Gasteiger partial charge in [0.25, 0.3) is 0 Å². The molecular weight excluding hydrogens is 447 g/mol. The van der Waals surface area contributed by atoms with Gasteiger partial charge in [0, 0.05) is 11.1 Å². The number of allylic oxidation sites excluding steroid dienone is 1. The van der Waals surface area contributed by atoms with Crippen LogP contribution < -0.4 is 18.5 Å². The second-order valence-corrected chi connectivity index (χ2v) is 9.70. The first-order valence-electron chi connectivity index (χ1n) is 10.9. The van der Waals surface area contributed by atoms with Gasteiger partial charge >= 0.3 is 7.60 Å². The summed E-state index contributed by atoms with van der Waals surface area (Å²) in [6.07, 6.45) is 1.81. The molecule has 1 unspecified atom stereocenters. The molecule has 0 aliphatic carbocycles. The lowest BCUT2D eigenvalue weighted by molar-refractivity contribution is 0.374. The Kier molecular flexibility index (Phi) is 6.11. The molecule has 1 aliphatic rings. The standard InChI is InChI=1S/C28H23O5P/c1-30-24-17-18-26-25(19-24)28(20-27(31-26)21-11-5-2-6-12-21)34(29,32-22-13-7-3-8-14-22)33-23-15-9-4-10-16-23/h2-20,28H,1H3. The quantitative estimate of drug-likeness (QED) is 0.262. The summed E-state index contributed by atoms with van der Waals surface area (Å²) in [7, 11) is -2.28. The Balaban J connectivity index is 1.67. The summed E-state index contributed by atoms with van der Waals surface area (Å²) < 4.78 is 38.6. The lowest BCUT2D eigenvalue weighted by Crippen LogP contribution is -2.15. The number of ether oxygens (including phenoxy) is 2. The SMILES string of the molecule is COc1ccc2c(c1)C(P(=O)(Oc1ccccc1)Oc1ccccc1)C=C(c1ccccc1)O2. The van der Waals surface area contributed by atoms with Crippen LogP contribution >= 0.6 is 7.60 Å². The molecule has 4 aromatic rings. The van der Waals surface area contributed by atoms with Crippen molar-refractivity contribution >= 4 is 13.4 Å². The number of hydrogen-bond acceptors (Lipinski definition) is 5. The summed E-state index contributed by atoms with van der Waals surface area (Å²) in [6.45, 7) is 0. The zero-order valence-corrected chi connectivity index (χ0v) is 19.4. The lowest BCUT2D eigenvalue weighted by Gasteiger charge is -2.31. The highest BCUT2D eigenvalue weighted by Gasteiger charge is 2.43. The fourth-order valence-electron chi connectivity index (χ4n) is 3.77. The topological polar surface area (TPSA) is 54.0 Å². The van der Waals surface area contributed by atoms with E-state index in [9.17, 15) is 4.57 Å². The summed E-state index contributed by atoms with van der Waals surface area (Å²) >= 11 is 0. The number of benzene rings is 4. The molecule has 0 saturated heterocycles. The highest BCUT2D eigenvalue weighted by atomic mass is 31.2. The van der Waals surface area contributed by atoms with Crippen molar-refractivity contribution in [2.75, 3.05) is 7.11 Å². The molecule has 6 heteroatoms. The minimum Gasteiger partial charge on any atom is -0.497 e. The molecule has 0 N–H and O–H groups in total. The van der Waals surface area contributed by atoms with Crippen molar-refractivity contribution in [2.24, 2.45) is 0 Å². The van der Waals surface area contributed by atoms with Gasteiger partial charge in [-0.15, -0.1) is 0 Å². The predicted octanol–water partition coefficient (Wildman–Crippen LogP) is 7.52. The molecule has 5 rings (SSSR count). The number of methoxy groups -OCH3 is 1. The van der Waals surface area contributed by atoms with Gasteiger partial charge < -0.3 is 18.5 Å². The maximum absolute atomic E-state index is 14.7. The van der Waals surface area contributed by atoms with Crippen LogP contribution in [0.5, 0.6) is 23.0 Å². The molecule has 1 atom stereocenters. The van der Waals surface area contributed by atoms with Crippen molar-refractivity contribution in [1.29, 1.82) is 0 Å². The van der Waals surface area contributed by atoms with Crippen LogP contribution in [-0.2, 0) is 4.57 Å². The Morgan fingerprint density at radius 1 is 0.706 bits per heavy atom. The maximum Gasteiger partial charge on any atom is 0.442 e. The van der Waals surface area contributed by atoms with Crippen LogP contribution in [0.25, 0.3) is 5.76 Å². The van der Waals surface area contributed by atoms with Crippen molar-refractivity contribution in [1.82, 2.24) is 0 Å². The van der Waals surface area contributed by atoms with E-state index in [1.807, 2.05) is 91.0 Å². The Morgan fingerprint density at radius 3 is 1.82 bits per heavy atom. The molecule has 0 saturated carbocycles. The summed E-state index contributed by atoms with van der Waals surface area (Å²) in [5.74, 6) is 2.67. The summed E-state index contributed by atoms with van der Waals surface area (Å²) in [6, 6.07) is 33.2. The van der Waals surface area contributed by atoms with Crippen LogP contribution in [0.3, 0.4) is 0 Å². The lowest BCUT2D eigenvalue weighted by atomic mass is 10.0. The average Bonchev–Trinajstić information content (AvgIpc) is 2.89. The van der Waals surface area contributed by atoms with Crippen molar-refractivity contribution in [3.8, 4) is 23.0 Å². The zero-order chi connectivity index (χ0) is 23.4. The molecule has 0 fully saturated rings. The molecule has 0 amide bonds. The van der Waals surface area contributed by atoms with Gasteiger partial charge in [-0.1, -0.05) is 66.7 Å². The van der Waals surface area contributed by atoms with Gasteiger partial charge in [-0.3, -0.25) is 0 Å². The van der Waals surface area contributed by atoms with E-state index in [-0.39, 0.29) is 0 Å². The number of fused-ring (bicyclic) bond motifs is 1. The van der Waals surface area contributed by atoms with Crippen LogP contribution in [0.4, 0.5) is 0 Å². The Bertz CT molecular complexity index is 1290. The smallest absolute Gasteiger partial charge is 0.442 e. The monoisotopic (exact) mass is 470 g/mol. The van der Waals surface area contributed by atoms with Gasteiger partial charge in [0.2, 0.25) is 0 Å². The van der Waals surface area contributed by atoms with Gasteiger partial charge in [-0.05, 0) is 48.5 Å². The van der Waals surface area contributed by atoms with Gasteiger partial charge in [-0.2, -0.15) is 0 Å². The summed E-state index contributed by atoms with van der Waals surface area (Å²) in [5, 5.41) is 0. The van der Waals surface area contributed by atoms with E-state index < -0.39 is 13.3 Å². The van der Waals surface area contributed by atoms with Gasteiger partial charge in [0.1, 0.15) is 34.4 Å². The van der Waals surface area contributed by atoms with Gasteiger partial charge in [-0.25, -0.2) is 4.57 Å². The molecule has 1 aliphatic heterocycles. The number of para-hydroxylation sites is 2. The minimum absolute atomic E-state index is 0.451. The van der Waals surface area contributed by atoms with E-state index in [0.29, 0.717) is 34.3 Å². The third kappa shape index (κ3) is 4.57. The zero-order valence-electron chi connectivity index (χ0n) is 18.5. The van der Waals surface area contributed by atoms with Crippen LogP contribution in [0.2, 0.25) is 0 Å². The van der Waals surface area contributed by atoms with Crippen molar-refractivity contribution in [3.05, 3.63) is 126 Å². The van der Waals surface area contributed by atoms with Crippen molar-refractivity contribution in [2.45, 2.75) is 5.66 Å². The normalized spacial score (nSPS) is 14.9. The Labute approximate surface area is 198 Å². The van der Waals surface area contributed by atoms with Crippen molar-refractivity contribution in [3.63, 3.8) is 0 Å². The van der Waals surface area contributed by atoms with E-state index in [1.165, 1.54) is 0 Å². The van der Waals surface area contributed by atoms with E-state index in [0.717, 1.165) is 5.56 Å².